The van der Waals surface area contributed by atoms with E-state index < -0.39 is 23.5 Å². The van der Waals surface area contributed by atoms with Crippen molar-refractivity contribution in [1.29, 1.82) is 0 Å². The third kappa shape index (κ3) is 2.44. The van der Waals surface area contributed by atoms with Crippen LogP contribution in [0.5, 0.6) is 0 Å². The summed E-state index contributed by atoms with van der Waals surface area (Å²) in [6, 6.07) is -0.612. The highest BCUT2D eigenvalue weighted by Crippen LogP contribution is 2.19. The van der Waals surface area contributed by atoms with Crippen LogP contribution in [-0.2, 0) is 19.1 Å². The van der Waals surface area contributed by atoms with Gasteiger partial charge in [0.25, 0.3) is 0 Å². The molecule has 0 aliphatic carbocycles. The number of aliphatic carboxylic acids is 1. The van der Waals surface area contributed by atoms with E-state index in [1.54, 1.807) is 0 Å². The lowest BCUT2D eigenvalue weighted by Gasteiger charge is -2.29. The number of rotatable bonds is 3. The minimum Gasteiger partial charge on any atom is -0.479 e. The van der Waals surface area contributed by atoms with Crippen molar-refractivity contribution in [3.63, 3.8) is 0 Å². The average Bonchev–Trinajstić information content (AvgIpc) is 2.79. The predicted molar refractivity (Wildman–Crippen MR) is 58.7 cm³/mol. The molecule has 0 bridgehead atoms. The fraction of sp³-hybridized carbons (Fsp3) is 0.700. The van der Waals surface area contributed by atoms with E-state index in [4.69, 9.17) is 9.84 Å². The van der Waals surface area contributed by atoms with Gasteiger partial charge in [-0.25, -0.2) is 4.79 Å². The summed E-state index contributed by atoms with van der Waals surface area (Å²) >= 11 is 0. The summed E-state index contributed by atoms with van der Waals surface area (Å²) in [5.74, 6) is -1.73. The standard InChI is InChI=1S/C10H15N3O5/c14-7-4-11-6(3-12-7)8(15)13-10(9(16)17)1-2-18-5-10/h6,11H,1-5H2,(H,12,14)(H,13,15)(H,16,17). The molecule has 2 heterocycles. The molecule has 2 aliphatic rings. The van der Waals surface area contributed by atoms with Crippen LogP contribution in [0, 0.1) is 0 Å². The number of carboxylic acid groups (broad SMARTS) is 1. The fourth-order valence-electron chi connectivity index (χ4n) is 1.96. The Labute approximate surface area is 103 Å². The van der Waals surface area contributed by atoms with Crippen molar-refractivity contribution in [2.45, 2.75) is 18.0 Å². The first kappa shape index (κ1) is 12.8. The minimum absolute atomic E-state index is 0.0346. The molecule has 18 heavy (non-hydrogen) atoms. The molecule has 2 aliphatic heterocycles. The molecule has 100 valence electrons. The molecule has 0 radical (unpaired) electrons. The summed E-state index contributed by atoms with van der Waals surface area (Å²) in [6.07, 6.45) is 0.243. The third-order valence-electron chi connectivity index (χ3n) is 3.12. The third-order valence-corrected chi connectivity index (χ3v) is 3.12. The van der Waals surface area contributed by atoms with Crippen molar-refractivity contribution in [1.82, 2.24) is 16.0 Å². The molecule has 0 aromatic heterocycles. The molecule has 4 N–H and O–H groups in total. The Morgan fingerprint density at radius 3 is 2.78 bits per heavy atom. The van der Waals surface area contributed by atoms with Gasteiger partial charge in [0.2, 0.25) is 11.8 Å². The van der Waals surface area contributed by atoms with E-state index >= 15 is 0 Å². The van der Waals surface area contributed by atoms with Crippen LogP contribution in [0.15, 0.2) is 0 Å². The first-order valence-corrected chi connectivity index (χ1v) is 5.67. The second kappa shape index (κ2) is 4.91. The van der Waals surface area contributed by atoms with Crippen molar-refractivity contribution >= 4 is 17.8 Å². The molecule has 2 fully saturated rings. The van der Waals surface area contributed by atoms with Crippen LogP contribution in [0.2, 0.25) is 0 Å². The second-order valence-electron chi connectivity index (χ2n) is 4.42. The van der Waals surface area contributed by atoms with Gasteiger partial charge in [-0.15, -0.1) is 0 Å². The summed E-state index contributed by atoms with van der Waals surface area (Å²) in [4.78, 5) is 34.1. The van der Waals surface area contributed by atoms with Crippen molar-refractivity contribution in [2.75, 3.05) is 26.3 Å². The van der Waals surface area contributed by atoms with Crippen LogP contribution in [0.3, 0.4) is 0 Å². The number of piperazine rings is 1. The van der Waals surface area contributed by atoms with Crippen LogP contribution < -0.4 is 16.0 Å². The van der Waals surface area contributed by atoms with Crippen molar-refractivity contribution in [2.24, 2.45) is 0 Å². The maximum absolute atomic E-state index is 11.9. The number of nitrogens with one attached hydrogen (secondary N) is 3. The summed E-state index contributed by atoms with van der Waals surface area (Å²) in [7, 11) is 0. The van der Waals surface area contributed by atoms with Gasteiger partial charge < -0.3 is 20.5 Å². The molecule has 2 saturated heterocycles. The number of carbonyl (C=O) groups is 3. The molecule has 2 rings (SSSR count). The quantitative estimate of drug-likeness (QED) is 0.442. The zero-order chi connectivity index (χ0) is 13.2. The summed E-state index contributed by atoms with van der Waals surface area (Å²) < 4.78 is 5.04. The largest absolute Gasteiger partial charge is 0.479 e. The van der Waals surface area contributed by atoms with E-state index in [9.17, 15) is 14.4 Å². The van der Waals surface area contributed by atoms with Crippen molar-refractivity contribution < 1.29 is 24.2 Å². The SMILES string of the molecule is O=C1CNC(C(=O)NC2(C(=O)O)CCOC2)CN1. The number of carbonyl (C=O) groups excluding carboxylic acids is 2. The van der Waals surface area contributed by atoms with Gasteiger partial charge in [0, 0.05) is 19.6 Å². The maximum Gasteiger partial charge on any atom is 0.331 e. The van der Waals surface area contributed by atoms with Gasteiger partial charge in [0.1, 0.15) is 6.04 Å². The van der Waals surface area contributed by atoms with Gasteiger partial charge in [-0.2, -0.15) is 0 Å². The second-order valence-corrected chi connectivity index (χ2v) is 4.42. The predicted octanol–water partition coefficient (Wildman–Crippen LogP) is -2.57. The van der Waals surface area contributed by atoms with Gasteiger partial charge in [-0.3, -0.25) is 14.9 Å². The van der Waals surface area contributed by atoms with Crippen LogP contribution in [0.4, 0.5) is 0 Å². The van der Waals surface area contributed by atoms with E-state index in [0.717, 1.165) is 0 Å². The Balaban J connectivity index is 1.97. The lowest BCUT2D eigenvalue weighted by molar-refractivity contribution is -0.148. The van der Waals surface area contributed by atoms with E-state index in [-0.39, 0.29) is 32.0 Å². The van der Waals surface area contributed by atoms with Gasteiger partial charge in [0.15, 0.2) is 5.54 Å². The molecular formula is C10H15N3O5. The normalized spacial score (nSPS) is 31.8. The number of hydrogen-bond donors (Lipinski definition) is 4. The fourth-order valence-corrected chi connectivity index (χ4v) is 1.96. The summed E-state index contributed by atoms with van der Waals surface area (Å²) in [5.41, 5.74) is -1.35. The first-order valence-electron chi connectivity index (χ1n) is 5.67. The highest BCUT2D eigenvalue weighted by Gasteiger charge is 2.45. The Morgan fingerprint density at radius 2 is 2.28 bits per heavy atom. The molecule has 0 aromatic rings. The number of ether oxygens (including phenoxy) is 1. The van der Waals surface area contributed by atoms with Gasteiger partial charge in [0.05, 0.1) is 13.2 Å². The van der Waals surface area contributed by atoms with E-state index in [2.05, 4.69) is 16.0 Å². The molecule has 0 spiro atoms. The topological polar surface area (TPSA) is 117 Å². The molecule has 8 nitrogen and oxygen atoms in total. The Bertz CT molecular complexity index is 368. The maximum atomic E-state index is 11.9. The Hall–Kier alpha value is -1.67. The molecule has 8 heteroatoms. The van der Waals surface area contributed by atoms with Crippen molar-refractivity contribution in [3.8, 4) is 0 Å². The molecule has 2 atom stereocenters. The smallest absolute Gasteiger partial charge is 0.331 e. The summed E-state index contributed by atoms with van der Waals surface area (Å²) in [6.45, 7) is 0.477. The average molecular weight is 257 g/mol. The lowest BCUT2D eigenvalue weighted by atomic mass is 9.98. The molecular weight excluding hydrogens is 242 g/mol. The molecule has 2 amide bonds. The highest BCUT2D eigenvalue weighted by molar-refractivity contribution is 5.91. The molecule has 0 aromatic carbocycles. The van der Waals surface area contributed by atoms with Crippen LogP contribution in [-0.4, -0.2) is 60.8 Å². The lowest BCUT2D eigenvalue weighted by Crippen LogP contribution is -2.63. The zero-order valence-electron chi connectivity index (χ0n) is 9.69. The zero-order valence-corrected chi connectivity index (χ0v) is 9.69. The Morgan fingerprint density at radius 1 is 1.50 bits per heavy atom. The summed E-state index contributed by atoms with van der Waals surface area (Å²) in [5, 5.41) is 16.9. The number of amides is 2. The van der Waals surface area contributed by atoms with Crippen LogP contribution in [0.1, 0.15) is 6.42 Å². The van der Waals surface area contributed by atoms with Gasteiger partial charge in [-0.1, -0.05) is 0 Å². The van der Waals surface area contributed by atoms with Gasteiger partial charge >= 0.3 is 5.97 Å². The van der Waals surface area contributed by atoms with Gasteiger partial charge in [-0.05, 0) is 0 Å². The monoisotopic (exact) mass is 257 g/mol. The van der Waals surface area contributed by atoms with E-state index in [0.29, 0.717) is 6.61 Å². The first-order chi connectivity index (χ1) is 8.53. The number of carboxylic acids is 1. The van der Waals surface area contributed by atoms with Crippen molar-refractivity contribution in [3.05, 3.63) is 0 Å². The highest BCUT2D eigenvalue weighted by atomic mass is 16.5. The van der Waals surface area contributed by atoms with Crippen LogP contribution in [0.25, 0.3) is 0 Å². The Kier molecular flexibility index (Phi) is 3.48. The molecule has 0 saturated carbocycles. The van der Waals surface area contributed by atoms with E-state index in [1.807, 2.05) is 0 Å². The van der Waals surface area contributed by atoms with E-state index in [1.165, 1.54) is 0 Å². The number of hydrogen-bond acceptors (Lipinski definition) is 5. The van der Waals surface area contributed by atoms with Crippen LogP contribution >= 0.6 is 0 Å². The minimum atomic E-state index is -1.35. The molecule has 2 unspecified atom stereocenters.